The smallest absolute Gasteiger partial charge is 0.273 e. The molecule has 3 aromatic rings. The van der Waals surface area contributed by atoms with Crippen LogP contribution in [0.2, 0.25) is 0 Å². The van der Waals surface area contributed by atoms with Gasteiger partial charge in [0.05, 0.1) is 29.9 Å². The highest BCUT2D eigenvalue weighted by Crippen LogP contribution is 2.15. The van der Waals surface area contributed by atoms with E-state index in [0.717, 1.165) is 41.9 Å². The summed E-state index contributed by atoms with van der Waals surface area (Å²) in [6.45, 7) is 3.96. The number of imidazole rings is 1. The number of para-hydroxylation sites is 1. The van der Waals surface area contributed by atoms with E-state index in [4.69, 9.17) is 4.74 Å². The van der Waals surface area contributed by atoms with Crippen LogP contribution in [0, 0.1) is 6.92 Å². The van der Waals surface area contributed by atoms with Crippen molar-refractivity contribution in [3.63, 3.8) is 0 Å². The first kappa shape index (κ1) is 16.7. The number of fused-ring (bicyclic) bond motifs is 1. The standard InChI is InChI=1S/C18H22N6O2/c1-12-4-2-6-14-17(12)21-16(20-14)7-8-19-18(25)15-11-24(23-22-15)10-13-5-3-9-26-13/h2,4,6,11,13H,3,5,7-10H2,1H3,(H,19,25)(H,20,21)/t13-/m1/s1. The molecule has 1 fully saturated rings. The number of aromatic nitrogens is 5. The van der Waals surface area contributed by atoms with Gasteiger partial charge in [-0.1, -0.05) is 17.3 Å². The van der Waals surface area contributed by atoms with Crippen LogP contribution in [0.25, 0.3) is 11.0 Å². The zero-order valence-electron chi connectivity index (χ0n) is 14.7. The largest absolute Gasteiger partial charge is 0.376 e. The predicted molar refractivity (Wildman–Crippen MR) is 95.9 cm³/mol. The number of aromatic amines is 1. The first-order valence-corrected chi connectivity index (χ1v) is 8.93. The highest BCUT2D eigenvalue weighted by atomic mass is 16.5. The van der Waals surface area contributed by atoms with Gasteiger partial charge >= 0.3 is 0 Å². The molecule has 8 heteroatoms. The number of ether oxygens (including phenoxy) is 1. The summed E-state index contributed by atoms with van der Waals surface area (Å²) in [7, 11) is 0. The van der Waals surface area contributed by atoms with Gasteiger partial charge in [0.15, 0.2) is 5.69 Å². The minimum absolute atomic E-state index is 0.171. The number of nitrogens with zero attached hydrogens (tertiary/aromatic N) is 4. The van der Waals surface area contributed by atoms with Gasteiger partial charge in [0.25, 0.3) is 5.91 Å². The fourth-order valence-corrected chi connectivity index (χ4v) is 3.22. The lowest BCUT2D eigenvalue weighted by atomic mass is 10.2. The van der Waals surface area contributed by atoms with Crippen LogP contribution >= 0.6 is 0 Å². The van der Waals surface area contributed by atoms with Crippen LogP contribution in [0.5, 0.6) is 0 Å². The number of aryl methyl sites for hydroxylation is 1. The maximum absolute atomic E-state index is 12.2. The number of hydrogen-bond donors (Lipinski definition) is 2. The van der Waals surface area contributed by atoms with Crippen molar-refractivity contribution in [3.05, 3.63) is 41.5 Å². The number of carbonyl (C=O) groups excluding carboxylic acids is 1. The Kier molecular flexibility index (Phi) is 4.66. The number of rotatable bonds is 6. The van der Waals surface area contributed by atoms with E-state index < -0.39 is 0 Å². The average molecular weight is 354 g/mol. The van der Waals surface area contributed by atoms with Crippen molar-refractivity contribution in [3.8, 4) is 0 Å². The third-order valence-corrected chi connectivity index (χ3v) is 4.60. The number of hydrogen-bond acceptors (Lipinski definition) is 5. The fraction of sp³-hybridized carbons (Fsp3) is 0.444. The van der Waals surface area contributed by atoms with Crippen molar-refractivity contribution in [1.29, 1.82) is 0 Å². The quantitative estimate of drug-likeness (QED) is 0.701. The molecule has 1 aliphatic heterocycles. The molecule has 1 atom stereocenters. The normalized spacial score (nSPS) is 17.0. The second-order valence-electron chi connectivity index (χ2n) is 6.62. The van der Waals surface area contributed by atoms with Gasteiger partial charge in [0.2, 0.25) is 0 Å². The Hall–Kier alpha value is -2.74. The zero-order chi connectivity index (χ0) is 17.9. The van der Waals surface area contributed by atoms with Crippen molar-refractivity contribution >= 4 is 16.9 Å². The van der Waals surface area contributed by atoms with E-state index in [1.54, 1.807) is 10.9 Å². The van der Waals surface area contributed by atoms with Gasteiger partial charge in [-0.15, -0.1) is 5.10 Å². The van der Waals surface area contributed by atoms with Crippen LogP contribution in [-0.4, -0.2) is 50.1 Å². The zero-order valence-corrected chi connectivity index (χ0v) is 14.7. The molecular weight excluding hydrogens is 332 g/mol. The number of amides is 1. The summed E-state index contributed by atoms with van der Waals surface area (Å²) in [5.41, 5.74) is 3.45. The molecule has 0 spiro atoms. The Balaban J connectivity index is 1.30. The topological polar surface area (TPSA) is 97.7 Å². The average Bonchev–Trinajstić information content (AvgIpc) is 3.36. The van der Waals surface area contributed by atoms with Crippen molar-refractivity contribution in [1.82, 2.24) is 30.3 Å². The lowest BCUT2D eigenvalue weighted by Crippen LogP contribution is -2.26. The lowest BCUT2D eigenvalue weighted by molar-refractivity contribution is 0.0930. The Morgan fingerprint density at radius 3 is 3.19 bits per heavy atom. The van der Waals surface area contributed by atoms with Gasteiger partial charge in [0, 0.05) is 19.6 Å². The first-order valence-electron chi connectivity index (χ1n) is 8.93. The van der Waals surface area contributed by atoms with Crippen molar-refractivity contribution in [2.75, 3.05) is 13.2 Å². The number of nitrogens with one attached hydrogen (secondary N) is 2. The summed E-state index contributed by atoms with van der Waals surface area (Å²) in [6.07, 6.45) is 4.57. The molecule has 26 heavy (non-hydrogen) atoms. The molecule has 2 aromatic heterocycles. The molecular formula is C18H22N6O2. The molecule has 4 rings (SSSR count). The van der Waals surface area contributed by atoms with Crippen molar-refractivity contribution in [2.45, 2.75) is 38.8 Å². The van der Waals surface area contributed by atoms with Crippen LogP contribution in [0.3, 0.4) is 0 Å². The Morgan fingerprint density at radius 1 is 1.46 bits per heavy atom. The second-order valence-corrected chi connectivity index (χ2v) is 6.62. The number of H-pyrrole nitrogens is 1. The van der Waals surface area contributed by atoms with Gasteiger partial charge < -0.3 is 15.0 Å². The SMILES string of the molecule is Cc1cccc2[nH]c(CCNC(=O)c3cn(C[C@H]4CCCO4)nn3)nc12. The van der Waals surface area contributed by atoms with Crippen LogP contribution in [0.1, 0.15) is 34.7 Å². The number of carbonyl (C=O) groups is 1. The third-order valence-electron chi connectivity index (χ3n) is 4.60. The van der Waals surface area contributed by atoms with Gasteiger partial charge in [-0.2, -0.15) is 0 Å². The maximum atomic E-state index is 12.2. The number of benzene rings is 1. The molecule has 1 amide bonds. The molecule has 8 nitrogen and oxygen atoms in total. The van der Waals surface area contributed by atoms with Crippen LogP contribution in [-0.2, 0) is 17.7 Å². The van der Waals surface area contributed by atoms with E-state index in [-0.39, 0.29) is 12.0 Å². The van der Waals surface area contributed by atoms with E-state index in [1.165, 1.54) is 0 Å². The van der Waals surface area contributed by atoms with Crippen LogP contribution in [0.4, 0.5) is 0 Å². The Bertz CT molecular complexity index is 909. The highest BCUT2D eigenvalue weighted by Gasteiger charge is 2.18. The maximum Gasteiger partial charge on any atom is 0.273 e. The second kappa shape index (κ2) is 7.25. The highest BCUT2D eigenvalue weighted by molar-refractivity contribution is 5.91. The van der Waals surface area contributed by atoms with E-state index in [0.29, 0.717) is 25.2 Å². The fourth-order valence-electron chi connectivity index (χ4n) is 3.22. The molecule has 0 unspecified atom stereocenters. The summed E-state index contributed by atoms with van der Waals surface area (Å²) in [4.78, 5) is 20.1. The molecule has 1 aliphatic rings. The van der Waals surface area contributed by atoms with Crippen LogP contribution < -0.4 is 5.32 Å². The van der Waals surface area contributed by atoms with Gasteiger partial charge in [0.1, 0.15) is 5.82 Å². The summed E-state index contributed by atoms with van der Waals surface area (Å²) >= 11 is 0. The summed E-state index contributed by atoms with van der Waals surface area (Å²) in [5, 5.41) is 10.8. The monoisotopic (exact) mass is 354 g/mol. The summed E-state index contributed by atoms with van der Waals surface area (Å²) in [6, 6.07) is 6.04. The summed E-state index contributed by atoms with van der Waals surface area (Å²) in [5.74, 6) is 0.632. The van der Waals surface area contributed by atoms with E-state index in [1.807, 2.05) is 25.1 Å². The van der Waals surface area contributed by atoms with E-state index in [2.05, 4.69) is 25.6 Å². The molecule has 2 N–H and O–H groups in total. The Morgan fingerprint density at radius 2 is 2.38 bits per heavy atom. The first-order chi connectivity index (χ1) is 12.7. The molecule has 0 radical (unpaired) electrons. The molecule has 3 heterocycles. The molecule has 136 valence electrons. The molecule has 1 aromatic carbocycles. The van der Waals surface area contributed by atoms with Crippen LogP contribution in [0.15, 0.2) is 24.4 Å². The predicted octanol–water partition coefficient (Wildman–Crippen LogP) is 1.61. The minimum Gasteiger partial charge on any atom is -0.376 e. The molecule has 0 bridgehead atoms. The molecule has 1 saturated heterocycles. The minimum atomic E-state index is -0.226. The summed E-state index contributed by atoms with van der Waals surface area (Å²) < 4.78 is 7.25. The third kappa shape index (κ3) is 3.60. The van der Waals surface area contributed by atoms with Crippen molar-refractivity contribution < 1.29 is 9.53 Å². The molecule has 0 aliphatic carbocycles. The van der Waals surface area contributed by atoms with Gasteiger partial charge in [-0.25, -0.2) is 9.67 Å². The van der Waals surface area contributed by atoms with E-state index in [9.17, 15) is 4.79 Å². The lowest BCUT2D eigenvalue weighted by Gasteiger charge is -2.07. The van der Waals surface area contributed by atoms with E-state index >= 15 is 0 Å². The van der Waals surface area contributed by atoms with Gasteiger partial charge in [-0.05, 0) is 31.4 Å². The van der Waals surface area contributed by atoms with Gasteiger partial charge in [-0.3, -0.25) is 4.79 Å². The molecule has 0 saturated carbocycles. The van der Waals surface area contributed by atoms with Crippen molar-refractivity contribution in [2.24, 2.45) is 0 Å². The Labute approximate surface area is 150 Å².